The van der Waals surface area contributed by atoms with E-state index in [0.717, 1.165) is 23.0 Å². The molecule has 1 unspecified atom stereocenters. The minimum absolute atomic E-state index is 0.00666. The Labute approximate surface area is 252 Å². The Morgan fingerprint density at radius 2 is 1.84 bits per heavy atom. The summed E-state index contributed by atoms with van der Waals surface area (Å²) in [4.78, 5) is 11.6. The van der Waals surface area contributed by atoms with Crippen molar-refractivity contribution in [1.29, 1.82) is 0 Å². The lowest BCUT2D eigenvalue weighted by Gasteiger charge is -2.26. The van der Waals surface area contributed by atoms with Crippen LogP contribution >= 0.6 is 0 Å². The van der Waals surface area contributed by atoms with E-state index in [1.165, 1.54) is 39.2 Å². The van der Waals surface area contributed by atoms with Crippen LogP contribution in [-0.4, -0.2) is 85.8 Å². The molecule has 3 N–H and O–H groups in total. The molecule has 45 heavy (non-hydrogen) atoms. The predicted molar refractivity (Wildman–Crippen MR) is 145 cm³/mol. The number of nitrogens with zero attached hydrogens (tertiary/aromatic N) is 6. The number of benzene rings is 1. The molecule has 0 bridgehead atoms. The van der Waals surface area contributed by atoms with Crippen LogP contribution in [0.5, 0.6) is 17.4 Å². The van der Waals surface area contributed by atoms with Crippen molar-refractivity contribution in [3.8, 4) is 34.6 Å². The first kappa shape index (κ1) is 33.1. The molecule has 0 aliphatic rings. The summed E-state index contributed by atoms with van der Waals surface area (Å²) in [5.74, 6) is -3.34. The van der Waals surface area contributed by atoms with Crippen molar-refractivity contribution in [2.75, 3.05) is 25.1 Å². The molecule has 240 valence electrons. The number of halogens is 5. The Kier molecular flexibility index (Phi) is 9.30. The summed E-state index contributed by atoms with van der Waals surface area (Å²) >= 11 is 0. The Balaban J connectivity index is 1.77. The average molecular weight is 658 g/mol. The molecule has 0 saturated heterocycles. The van der Waals surface area contributed by atoms with Crippen molar-refractivity contribution in [2.45, 2.75) is 36.8 Å². The number of rotatable bonds is 12. The SMILES string of the molecule is COc1cccc(O)c1-n1c(NS(=O)(=O)[C@@H](C)[C@H](C)c2ncc(F)cn2)nnc1-c1c#ccc(OCC(O)(CF)C(F)(F)F)n1. The summed E-state index contributed by atoms with van der Waals surface area (Å²) in [6, 6.07) is 10.0. The second-order valence-electron chi connectivity index (χ2n) is 9.57. The summed E-state index contributed by atoms with van der Waals surface area (Å²) < 4.78 is 106. The average Bonchev–Trinajstić information content (AvgIpc) is 3.40. The van der Waals surface area contributed by atoms with E-state index in [9.17, 15) is 40.6 Å². The Hall–Kier alpha value is -4.83. The van der Waals surface area contributed by atoms with Gasteiger partial charge in [-0.3, -0.25) is 9.29 Å². The van der Waals surface area contributed by atoms with E-state index in [-0.39, 0.29) is 28.8 Å². The number of sulfonamides is 1. The summed E-state index contributed by atoms with van der Waals surface area (Å²) in [6.45, 7) is -0.910. The maximum Gasteiger partial charge on any atom is 0.423 e. The van der Waals surface area contributed by atoms with Gasteiger partial charge < -0.3 is 19.7 Å². The van der Waals surface area contributed by atoms with E-state index in [4.69, 9.17) is 9.47 Å². The molecule has 4 aromatic rings. The smallest absolute Gasteiger partial charge is 0.423 e. The van der Waals surface area contributed by atoms with E-state index in [2.05, 4.69) is 42.0 Å². The number of phenolic OH excluding ortho intramolecular Hbond substituents is 1. The lowest BCUT2D eigenvalue weighted by molar-refractivity contribution is -0.272. The normalized spacial score (nSPS) is 14.6. The molecule has 4 rings (SSSR count). The maximum absolute atomic E-state index is 13.5. The first-order valence-corrected chi connectivity index (χ1v) is 14.3. The minimum atomic E-state index is -5.36. The first-order chi connectivity index (χ1) is 21.1. The topological polar surface area (TPSA) is 174 Å². The first-order valence-electron chi connectivity index (χ1n) is 12.7. The van der Waals surface area contributed by atoms with Crippen molar-refractivity contribution >= 4 is 16.0 Å². The van der Waals surface area contributed by atoms with Crippen molar-refractivity contribution in [2.24, 2.45) is 0 Å². The molecule has 13 nitrogen and oxygen atoms in total. The number of para-hydroxylation sites is 1. The van der Waals surface area contributed by atoms with Crippen molar-refractivity contribution in [1.82, 2.24) is 29.7 Å². The van der Waals surface area contributed by atoms with Crippen LogP contribution in [0.4, 0.5) is 27.9 Å². The van der Waals surface area contributed by atoms with Crippen molar-refractivity contribution in [3.63, 3.8) is 0 Å². The highest BCUT2D eigenvalue weighted by atomic mass is 32.2. The zero-order chi connectivity index (χ0) is 33.2. The molecular weight excluding hydrogens is 633 g/mol. The third-order valence-electron chi connectivity index (χ3n) is 6.59. The van der Waals surface area contributed by atoms with Crippen molar-refractivity contribution < 1.29 is 50.1 Å². The van der Waals surface area contributed by atoms with Gasteiger partial charge in [-0.2, -0.15) is 13.2 Å². The zero-order valence-electron chi connectivity index (χ0n) is 23.5. The predicted octanol–water partition coefficient (Wildman–Crippen LogP) is 3.15. The molecule has 19 heteroatoms. The molecule has 0 amide bonds. The number of anilines is 1. The fraction of sp³-hybridized carbons (Fsp3) is 0.346. The van der Waals surface area contributed by atoms with Gasteiger partial charge in [0.25, 0.3) is 0 Å². The Morgan fingerprint density at radius 1 is 1.16 bits per heavy atom. The molecular formula is C26H24F5N7O6S. The van der Waals surface area contributed by atoms with Gasteiger partial charge in [0.1, 0.15) is 36.3 Å². The second kappa shape index (κ2) is 12.6. The van der Waals surface area contributed by atoms with Crippen LogP contribution in [-0.2, 0) is 10.0 Å². The highest BCUT2D eigenvalue weighted by Crippen LogP contribution is 2.37. The Bertz CT molecular complexity index is 1760. The number of aromatic nitrogens is 6. The van der Waals surface area contributed by atoms with Gasteiger partial charge in [-0.15, -0.1) is 10.2 Å². The fourth-order valence-electron chi connectivity index (χ4n) is 3.78. The van der Waals surface area contributed by atoms with Crippen LogP contribution in [0.15, 0.2) is 36.7 Å². The number of hydrogen-bond acceptors (Lipinski definition) is 11. The summed E-state index contributed by atoms with van der Waals surface area (Å²) in [5, 5.41) is 27.0. The van der Waals surface area contributed by atoms with Gasteiger partial charge in [0.05, 0.1) is 30.8 Å². The monoisotopic (exact) mass is 657 g/mol. The highest BCUT2D eigenvalue weighted by Gasteiger charge is 2.55. The van der Waals surface area contributed by atoms with Crippen molar-refractivity contribution in [3.05, 3.63) is 60.4 Å². The highest BCUT2D eigenvalue weighted by molar-refractivity contribution is 7.93. The van der Waals surface area contributed by atoms with Gasteiger partial charge in [0, 0.05) is 5.92 Å². The van der Waals surface area contributed by atoms with E-state index < -0.39 is 69.6 Å². The van der Waals surface area contributed by atoms with Gasteiger partial charge >= 0.3 is 6.18 Å². The van der Waals surface area contributed by atoms with E-state index >= 15 is 0 Å². The minimum Gasteiger partial charge on any atom is -0.506 e. The molecule has 0 spiro atoms. The number of aliphatic hydroxyl groups is 1. The number of alkyl halides is 4. The molecule has 0 fully saturated rings. The summed E-state index contributed by atoms with van der Waals surface area (Å²) in [6.07, 6.45) is -3.59. The summed E-state index contributed by atoms with van der Waals surface area (Å²) in [5.41, 5.74) is -4.33. The second-order valence-corrected chi connectivity index (χ2v) is 11.6. The van der Waals surface area contributed by atoms with Crippen LogP contribution in [0.25, 0.3) is 17.2 Å². The molecule has 0 aliphatic carbocycles. The maximum atomic E-state index is 13.5. The standard InChI is InChI=1S/C26H24F5N7O6S/c1-14(22-32-10-16(28)11-33-22)15(2)45(41,42)37-24-36-35-23(38(24)21-18(39)7-5-8-19(21)43-3)17-6-4-9-20(34-17)44-13-25(40,12-27)26(29,30)31/h5,7-11,14-15,39-40H,12-13H2,1-3H3,(H,36,37)/t14-,15-,25?/m0/s1. The van der Waals surface area contributed by atoms with Gasteiger partial charge in [-0.25, -0.2) is 32.2 Å². The van der Waals surface area contributed by atoms with Crippen LogP contribution < -0.4 is 14.2 Å². The van der Waals surface area contributed by atoms with Gasteiger partial charge in [0.2, 0.25) is 27.5 Å². The number of ether oxygens (including phenoxy) is 2. The molecule has 3 atom stereocenters. The van der Waals surface area contributed by atoms with Gasteiger partial charge in [0.15, 0.2) is 17.3 Å². The van der Waals surface area contributed by atoms with Crippen LogP contribution in [0, 0.1) is 17.9 Å². The van der Waals surface area contributed by atoms with Crippen LogP contribution in [0.2, 0.25) is 0 Å². The lowest BCUT2D eigenvalue weighted by atomic mass is 10.1. The summed E-state index contributed by atoms with van der Waals surface area (Å²) in [7, 11) is -3.09. The largest absolute Gasteiger partial charge is 0.506 e. The molecule has 0 radical (unpaired) electrons. The molecule has 3 heterocycles. The zero-order valence-corrected chi connectivity index (χ0v) is 24.4. The van der Waals surface area contributed by atoms with Crippen LogP contribution in [0.3, 0.4) is 0 Å². The third-order valence-corrected chi connectivity index (χ3v) is 8.44. The molecule has 0 aliphatic heterocycles. The van der Waals surface area contributed by atoms with E-state index in [1.807, 2.05) is 0 Å². The fourth-order valence-corrected chi connectivity index (χ4v) is 5.01. The number of phenols is 1. The molecule has 1 aromatic carbocycles. The quantitative estimate of drug-likeness (QED) is 0.191. The molecule has 3 aromatic heterocycles. The number of methoxy groups -OCH3 is 1. The van der Waals surface area contributed by atoms with E-state index in [1.54, 1.807) is 0 Å². The molecule has 0 saturated carbocycles. The Morgan fingerprint density at radius 3 is 2.47 bits per heavy atom. The van der Waals surface area contributed by atoms with Crippen LogP contribution in [0.1, 0.15) is 25.6 Å². The van der Waals surface area contributed by atoms with Gasteiger partial charge in [-0.1, -0.05) is 19.1 Å². The number of aromatic hydroxyl groups is 1. The third kappa shape index (κ3) is 6.81. The number of nitrogens with one attached hydrogen (secondary N) is 1. The lowest BCUT2D eigenvalue weighted by Crippen LogP contribution is -2.52. The number of hydrogen-bond donors (Lipinski definition) is 3. The van der Waals surface area contributed by atoms with Gasteiger partial charge in [-0.05, 0) is 25.1 Å². The van der Waals surface area contributed by atoms with E-state index in [0.29, 0.717) is 0 Å².